The lowest BCUT2D eigenvalue weighted by molar-refractivity contribution is 0.269. The Kier molecular flexibility index (Phi) is 4.08. The summed E-state index contributed by atoms with van der Waals surface area (Å²) in [5.41, 5.74) is 4.15. The number of hydrogen-bond acceptors (Lipinski definition) is 2. The van der Waals surface area contributed by atoms with E-state index in [0.717, 1.165) is 30.7 Å². The van der Waals surface area contributed by atoms with Crippen LogP contribution in [0.15, 0.2) is 53.0 Å². The molecule has 2 aromatic rings. The lowest BCUT2D eigenvalue weighted by Crippen LogP contribution is -2.28. The molecule has 0 aliphatic carbocycles. The molecule has 2 aromatic carbocycles. The summed E-state index contributed by atoms with van der Waals surface area (Å²) in [5.74, 6) is 0. The second kappa shape index (κ2) is 5.98. The van der Waals surface area contributed by atoms with Crippen LogP contribution in [0.25, 0.3) is 0 Å². The van der Waals surface area contributed by atoms with E-state index in [4.69, 9.17) is 0 Å². The van der Waals surface area contributed by atoms with Crippen molar-refractivity contribution in [2.75, 3.05) is 25.0 Å². The molecular formula is C17H19BrN2. The highest BCUT2D eigenvalue weighted by Crippen LogP contribution is 2.24. The minimum atomic E-state index is 1.00. The van der Waals surface area contributed by atoms with Gasteiger partial charge in [-0.25, -0.2) is 0 Å². The molecule has 1 aliphatic rings. The van der Waals surface area contributed by atoms with Gasteiger partial charge in [-0.05, 0) is 29.3 Å². The molecule has 1 aliphatic heterocycles. The summed E-state index contributed by atoms with van der Waals surface area (Å²) < 4.78 is 1.15. The highest BCUT2D eigenvalue weighted by Gasteiger charge is 2.17. The number of anilines is 1. The molecule has 3 rings (SSSR count). The van der Waals surface area contributed by atoms with E-state index in [1.807, 2.05) is 0 Å². The number of benzene rings is 2. The molecule has 0 unspecified atom stereocenters. The molecular weight excluding hydrogens is 312 g/mol. The van der Waals surface area contributed by atoms with Gasteiger partial charge in [-0.2, -0.15) is 0 Å². The molecule has 1 heterocycles. The molecule has 0 atom stereocenters. The number of hydrogen-bond donors (Lipinski definition) is 0. The van der Waals surface area contributed by atoms with Gasteiger partial charge < -0.3 is 4.90 Å². The van der Waals surface area contributed by atoms with Gasteiger partial charge in [-0.3, -0.25) is 4.90 Å². The Hall–Kier alpha value is -1.32. The first-order chi connectivity index (χ1) is 9.72. The molecule has 20 heavy (non-hydrogen) atoms. The SMILES string of the molecule is CN1CCN(Cc2cccc(Br)c2)Cc2ccccc21. The quantitative estimate of drug-likeness (QED) is 0.823. The Bertz CT molecular complexity index is 597. The molecule has 0 bridgehead atoms. The second-order valence-electron chi connectivity index (χ2n) is 5.39. The summed E-state index contributed by atoms with van der Waals surface area (Å²) >= 11 is 3.55. The lowest BCUT2D eigenvalue weighted by atomic mass is 10.1. The van der Waals surface area contributed by atoms with Gasteiger partial charge in [0.1, 0.15) is 0 Å². The first-order valence-corrected chi connectivity index (χ1v) is 7.77. The zero-order valence-electron chi connectivity index (χ0n) is 11.7. The van der Waals surface area contributed by atoms with Gasteiger partial charge in [0.25, 0.3) is 0 Å². The summed E-state index contributed by atoms with van der Waals surface area (Å²) in [7, 11) is 2.18. The normalized spacial score (nSPS) is 15.8. The van der Waals surface area contributed by atoms with E-state index in [1.165, 1.54) is 16.8 Å². The van der Waals surface area contributed by atoms with Crippen molar-refractivity contribution < 1.29 is 0 Å². The average molecular weight is 331 g/mol. The first kappa shape index (κ1) is 13.7. The Labute approximate surface area is 129 Å². The van der Waals surface area contributed by atoms with Crippen molar-refractivity contribution in [2.45, 2.75) is 13.1 Å². The van der Waals surface area contributed by atoms with Gasteiger partial charge in [-0.15, -0.1) is 0 Å². The number of halogens is 1. The maximum Gasteiger partial charge on any atom is 0.0409 e. The summed E-state index contributed by atoms with van der Waals surface area (Å²) in [5, 5.41) is 0. The number of fused-ring (bicyclic) bond motifs is 1. The van der Waals surface area contributed by atoms with Crippen LogP contribution in [-0.4, -0.2) is 25.0 Å². The fourth-order valence-electron chi connectivity index (χ4n) is 2.78. The molecule has 0 saturated carbocycles. The van der Waals surface area contributed by atoms with Crippen LogP contribution >= 0.6 is 15.9 Å². The van der Waals surface area contributed by atoms with E-state index < -0.39 is 0 Å². The van der Waals surface area contributed by atoms with Crippen LogP contribution in [0.3, 0.4) is 0 Å². The Morgan fingerprint density at radius 2 is 1.90 bits per heavy atom. The minimum Gasteiger partial charge on any atom is -0.373 e. The van der Waals surface area contributed by atoms with Crippen molar-refractivity contribution in [3.63, 3.8) is 0 Å². The van der Waals surface area contributed by atoms with Crippen LogP contribution in [0, 0.1) is 0 Å². The summed E-state index contributed by atoms with van der Waals surface area (Å²) in [6, 6.07) is 17.3. The first-order valence-electron chi connectivity index (χ1n) is 6.98. The Balaban J connectivity index is 1.79. The summed E-state index contributed by atoms with van der Waals surface area (Å²) in [6.07, 6.45) is 0. The van der Waals surface area contributed by atoms with Crippen molar-refractivity contribution in [1.29, 1.82) is 0 Å². The molecule has 0 N–H and O–H groups in total. The van der Waals surface area contributed by atoms with E-state index >= 15 is 0 Å². The van der Waals surface area contributed by atoms with Gasteiger partial charge >= 0.3 is 0 Å². The van der Waals surface area contributed by atoms with Crippen LogP contribution in [0.1, 0.15) is 11.1 Å². The zero-order valence-corrected chi connectivity index (χ0v) is 13.3. The van der Waals surface area contributed by atoms with Gasteiger partial charge in [0.2, 0.25) is 0 Å². The average Bonchev–Trinajstić information content (AvgIpc) is 2.59. The van der Waals surface area contributed by atoms with Crippen molar-refractivity contribution in [1.82, 2.24) is 4.90 Å². The third-order valence-corrected chi connectivity index (χ3v) is 4.34. The molecule has 0 spiro atoms. The van der Waals surface area contributed by atoms with E-state index in [2.05, 4.69) is 81.3 Å². The van der Waals surface area contributed by atoms with Crippen LogP contribution in [0.5, 0.6) is 0 Å². The van der Waals surface area contributed by atoms with E-state index in [-0.39, 0.29) is 0 Å². The fraction of sp³-hybridized carbons (Fsp3) is 0.294. The number of likely N-dealkylation sites (N-methyl/N-ethyl adjacent to an activating group) is 1. The lowest BCUT2D eigenvalue weighted by Gasteiger charge is -2.20. The minimum absolute atomic E-state index is 1.00. The molecule has 0 saturated heterocycles. The van der Waals surface area contributed by atoms with Gasteiger partial charge in [0, 0.05) is 43.4 Å². The third-order valence-electron chi connectivity index (χ3n) is 3.84. The monoisotopic (exact) mass is 330 g/mol. The maximum atomic E-state index is 3.55. The van der Waals surface area contributed by atoms with Crippen LogP contribution in [-0.2, 0) is 13.1 Å². The van der Waals surface area contributed by atoms with Gasteiger partial charge in [0.05, 0.1) is 0 Å². The molecule has 3 heteroatoms. The van der Waals surface area contributed by atoms with Crippen molar-refractivity contribution in [3.8, 4) is 0 Å². The Morgan fingerprint density at radius 3 is 2.75 bits per heavy atom. The maximum absolute atomic E-state index is 3.55. The van der Waals surface area contributed by atoms with Crippen LogP contribution < -0.4 is 4.90 Å². The molecule has 0 fully saturated rings. The van der Waals surface area contributed by atoms with Crippen molar-refractivity contribution in [3.05, 3.63) is 64.1 Å². The number of rotatable bonds is 2. The van der Waals surface area contributed by atoms with Gasteiger partial charge in [-0.1, -0.05) is 46.3 Å². The molecule has 104 valence electrons. The predicted molar refractivity (Wildman–Crippen MR) is 88.0 cm³/mol. The highest BCUT2D eigenvalue weighted by molar-refractivity contribution is 9.10. The predicted octanol–water partition coefficient (Wildman–Crippen LogP) is 3.90. The highest BCUT2D eigenvalue weighted by atomic mass is 79.9. The number of nitrogens with zero attached hydrogens (tertiary/aromatic N) is 2. The summed E-state index contributed by atoms with van der Waals surface area (Å²) in [6.45, 7) is 4.19. The van der Waals surface area contributed by atoms with E-state index in [0.29, 0.717) is 0 Å². The Morgan fingerprint density at radius 1 is 1.05 bits per heavy atom. The number of para-hydroxylation sites is 1. The molecule has 0 amide bonds. The van der Waals surface area contributed by atoms with Crippen molar-refractivity contribution >= 4 is 21.6 Å². The van der Waals surface area contributed by atoms with Gasteiger partial charge in [0.15, 0.2) is 0 Å². The largest absolute Gasteiger partial charge is 0.373 e. The smallest absolute Gasteiger partial charge is 0.0409 e. The fourth-order valence-corrected chi connectivity index (χ4v) is 3.22. The van der Waals surface area contributed by atoms with Crippen LogP contribution in [0.4, 0.5) is 5.69 Å². The van der Waals surface area contributed by atoms with E-state index in [1.54, 1.807) is 0 Å². The molecule has 0 radical (unpaired) electrons. The summed E-state index contributed by atoms with van der Waals surface area (Å²) in [4.78, 5) is 4.88. The van der Waals surface area contributed by atoms with Crippen LogP contribution in [0.2, 0.25) is 0 Å². The molecule has 2 nitrogen and oxygen atoms in total. The van der Waals surface area contributed by atoms with E-state index in [9.17, 15) is 0 Å². The topological polar surface area (TPSA) is 6.48 Å². The second-order valence-corrected chi connectivity index (χ2v) is 6.31. The standard InChI is InChI=1S/C17H19BrN2/c1-19-9-10-20(12-14-5-4-7-16(18)11-14)13-15-6-2-3-8-17(15)19/h2-8,11H,9-10,12-13H2,1H3. The zero-order chi connectivity index (χ0) is 13.9. The molecule has 0 aromatic heterocycles. The van der Waals surface area contributed by atoms with Crippen molar-refractivity contribution in [2.24, 2.45) is 0 Å². The third kappa shape index (κ3) is 3.05.